The zero-order valence-corrected chi connectivity index (χ0v) is 15.6. The maximum absolute atomic E-state index is 12.8. The lowest BCUT2D eigenvalue weighted by atomic mass is 9.93. The summed E-state index contributed by atoms with van der Waals surface area (Å²) in [5.74, 6) is 0.207. The first kappa shape index (κ1) is 16.9. The van der Waals surface area contributed by atoms with Gasteiger partial charge in [0, 0.05) is 29.6 Å². The lowest BCUT2D eigenvalue weighted by Crippen LogP contribution is -2.39. The van der Waals surface area contributed by atoms with Crippen molar-refractivity contribution in [2.75, 3.05) is 6.54 Å². The maximum atomic E-state index is 12.8. The number of fused-ring (bicyclic) bond motifs is 1. The Morgan fingerprint density at radius 2 is 1.92 bits per heavy atom. The molecule has 5 nitrogen and oxygen atoms in total. The van der Waals surface area contributed by atoms with Gasteiger partial charge in [-0.1, -0.05) is 41.5 Å². The topological polar surface area (TPSA) is 50.5 Å². The molecule has 0 N–H and O–H groups in total. The Hall–Kier alpha value is -1.91. The number of likely N-dealkylation sites (tertiary alicyclic amines) is 1. The molecule has 0 unspecified atom stereocenters. The number of hydrogen-bond donors (Lipinski definition) is 0. The van der Waals surface area contributed by atoms with Crippen LogP contribution >= 0.6 is 0 Å². The maximum Gasteiger partial charge on any atom is 0.228 e. The molecule has 1 saturated heterocycles. The van der Waals surface area contributed by atoms with Gasteiger partial charge in [-0.3, -0.25) is 4.79 Å². The molecule has 1 amide bonds. The van der Waals surface area contributed by atoms with Crippen molar-refractivity contribution in [1.82, 2.24) is 19.5 Å². The molecular formula is C19H28N4O. The van der Waals surface area contributed by atoms with Gasteiger partial charge < -0.3 is 4.90 Å². The summed E-state index contributed by atoms with van der Waals surface area (Å²) in [4.78, 5) is 19.3. The highest BCUT2D eigenvalue weighted by atomic mass is 16.2. The second-order valence-corrected chi connectivity index (χ2v) is 8.83. The number of amides is 1. The van der Waals surface area contributed by atoms with Crippen molar-refractivity contribution in [2.24, 2.45) is 5.41 Å². The minimum Gasteiger partial charge on any atom is -0.334 e. The first-order valence-corrected chi connectivity index (χ1v) is 8.75. The molecule has 130 valence electrons. The summed E-state index contributed by atoms with van der Waals surface area (Å²) in [6.07, 6.45) is 3.84. The largest absolute Gasteiger partial charge is 0.334 e. The first-order chi connectivity index (χ1) is 11.1. The van der Waals surface area contributed by atoms with Gasteiger partial charge in [-0.15, -0.1) is 0 Å². The number of carbonyl (C=O) groups is 1. The van der Waals surface area contributed by atoms with E-state index in [-0.39, 0.29) is 22.8 Å². The summed E-state index contributed by atoms with van der Waals surface area (Å²) in [5, 5.41) is 4.80. The van der Waals surface area contributed by atoms with Crippen LogP contribution in [0.1, 0.15) is 71.8 Å². The Morgan fingerprint density at radius 3 is 2.54 bits per heavy atom. The third kappa shape index (κ3) is 2.92. The van der Waals surface area contributed by atoms with Crippen molar-refractivity contribution in [3.05, 3.63) is 29.7 Å². The molecule has 1 atom stereocenters. The summed E-state index contributed by atoms with van der Waals surface area (Å²) < 4.78 is 1.93. The van der Waals surface area contributed by atoms with Crippen molar-refractivity contribution in [1.29, 1.82) is 0 Å². The van der Waals surface area contributed by atoms with Gasteiger partial charge in [-0.25, -0.2) is 9.50 Å². The van der Waals surface area contributed by atoms with Gasteiger partial charge >= 0.3 is 0 Å². The second kappa shape index (κ2) is 5.57. The molecule has 0 radical (unpaired) electrons. The van der Waals surface area contributed by atoms with Crippen LogP contribution in [-0.2, 0) is 10.2 Å². The van der Waals surface area contributed by atoms with Crippen molar-refractivity contribution in [3.8, 4) is 0 Å². The third-order valence-corrected chi connectivity index (χ3v) is 4.65. The van der Waals surface area contributed by atoms with Crippen molar-refractivity contribution < 1.29 is 4.79 Å². The fourth-order valence-electron chi connectivity index (χ4n) is 3.28. The molecule has 0 bridgehead atoms. The van der Waals surface area contributed by atoms with E-state index in [1.807, 2.05) is 48.5 Å². The van der Waals surface area contributed by atoms with Crippen LogP contribution in [0.15, 0.2) is 18.3 Å². The van der Waals surface area contributed by atoms with E-state index in [9.17, 15) is 4.79 Å². The van der Waals surface area contributed by atoms with E-state index in [1.165, 1.54) is 0 Å². The molecule has 3 rings (SSSR count). The van der Waals surface area contributed by atoms with E-state index in [4.69, 9.17) is 5.10 Å². The molecule has 3 heterocycles. The standard InChI is InChI=1S/C19H28N4O/c1-18(2,3)15-12-16-20-10-9-14(23(16)21-15)13-8-7-11-22(13)17(24)19(4,5)6/h9-10,12-13H,7-8,11H2,1-6H3/t13-/m1/s1. The SMILES string of the molecule is CC(C)(C)C(=O)N1CCC[C@@H]1c1ccnc2cc(C(C)(C)C)nn12. The molecule has 24 heavy (non-hydrogen) atoms. The molecule has 2 aromatic heterocycles. The number of rotatable bonds is 1. The summed E-state index contributed by atoms with van der Waals surface area (Å²) in [5.41, 5.74) is 2.55. The fraction of sp³-hybridized carbons (Fsp3) is 0.632. The number of aromatic nitrogens is 3. The average Bonchev–Trinajstić information content (AvgIpc) is 3.11. The predicted octanol–water partition coefficient (Wildman–Crippen LogP) is 3.74. The van der Waals surface area contributed by atoms with Gasteiger partial charge in [-0.2, -0.15) is 5.10 Å². The Labute approximate surface area is 144 Å². The van der Waals surface area contributed by atoms with Crippen LogP contribution in [0.3, 0.4) is 0 Å². The molecule has 5 heteroatoms. The van der Waals surface area contributed by atoms with E-state index >= 15 is 0 Å². The zero-order valence-electron chi connectivity index (χ0n) is 15.6. The molecule has 2 aromatic rings. The fourth-order valence-corrected chi connectivity index (χ4v) is 3.28. The number of nitrogens with zero attached hydrogens (tertiary/aromatic N) is 4. The number of hydrogen-bond acceptors (Lipinski definition) is 3. The predicted molar refractivity (Wildman–Crippen MR) is 94.8 cm³/mol. The van der Waals surface area contributed by atoms with E-state index in [2.05, 4.69) is 25.8 Å². The Morgan fingerprint density at radius 1 is 1.21 bits per heavy atom. The Bertz CT molecular complexity index is 764. The molecule has 1 aliphatic rings. The van der Waals surface area contributed by atoms with Crippen molar-refractivity contribution >= 4 is 11.6 Å². The van der Waals surface area contributed by atoms with Gasteiger partial charge in [0.2, 0.25) is 5.91 Å². The van der Waals surface area contributed by atoms with Crippen molar-refractivity contribution in [2.45, 2.75) is 65.8 Å². The molecule has 0 spiro atoms. The molecular weight excluding hydrogens is 300 g/mol. The van der Waals surface area contributed by atoms with Crippen LogP contribution in [0, 0.1) is 5.41 Å². The average molecular weight is 328 g/mol. The molecule has 0 aromatic carbocycles. The van der Waals surface area contributed by atoms with Crippen LogP contribution in [0.25, 0.3) is 5.65 Å². The highest BCUT2D eigenvalue weighted by molar-refractivity contribution is 5.82. The third-order valence-electron chi connectivity index (χ3n) is 4.65. The minimum atomic E-state index is -0.366. The first-order valence-electron chi connectivity index (χ1n) is 8.75. The summed E-state index contributed by atoms with van der Waals surface area (Å²) >= 11 is 0. The molecule has 0 saturated carbocycles. The van der Waals surface area contributed by atoms with E-state index in [0.717, 1.165) is 36.4 Å². The van der Waals surface area contributed by atoms with Gasteiger partial charge in [0.1, 0.15) is 0 Å². The smallest absolute Gasteiger partial charge is 0.228 e. The summed E-state index contributed by atoms with van der Waals surface area (Å²) in [6.45, 7) is 13.2. The van der Waals surface area contributed by atoms with Crippen LogP contribution in [0.2, 0.25) is 0 Å². The van der Waals surface area contributed by atoms with E-state index < -0.39 is 0 Å². The normalized spacial score (nSPS) is 19.2. The van der Waals surface area contributed by atoms with Gasteiger partial charge in [-0.05, 0) is 18.9 Å². The van der Waals surface area contributed by atoms with Crippen LogP contribution < -0.4 is 0 Å². The summed E-state index contributed by atoms with van der Waals surface area (Å²) in [6, 6.07) is 4.13. The Balaban J connectivity index is 2.05. The quantitative estimate of drug-likeness (QED) is 0.801. The lowest BCUT2D eigenvalue weighted by molar-refractivity contribution is -0.140. The van der Waals surface area contributed by atoms with E-state index in [0.29, 0.717) is 0 Å². The Kier molecular flexibility index (Phi) is 3.93. The second-order valence-electron chi connectivity index (χ2n) is 8.83. The zero-order chi connectivity index (χ0) is 17.7. The highest BCUT2D eigenvalue weighted by Crippen LogP contribution is 2.35. The van der Waals surface area contributed by atoms with E-state index in [1.54, 1.807) is 0 Å². The van der Waals surface area contributed by atoms with Crippen molar-refractivity contribution in [3.63, 3.8) is 0 Å². The molecule has 1 aliphatic heterocycles. The number of carbonyl (C=O) groups excluding carboxylic acids is 1. The van der Waals surface area contributed by atoms with Crippen LogP contribution in [0.5, 0.6) is 0 Å². The van der Waals surface area contributed by atoms with Gasteiger partial charge in [0.05, 0.1) is 17.4 Å². The molecule has 1 fully saturated rings. The highest BCUT2D eigenvalue weighted by Gasteiger charge is 2.37. The van der Waals surface area contributed by atoms with Crippen LogP contribution in [-0.4, -0.2) is 31.9 Å². The monoisotopic (exact) mass is 328 g/mol. The minimum absolute atomic E-state index is 0.0262. The van der Waals surface area contributed by atoms with Gasteiger partial charge in [0.25, 0.3) is 0 Å². The van der Waals surface area contributed by atoms with Gasteiger partial charge in [0.15, 0.2) is 5.65 Å². The van der Waals surface area contributed by atoms with Crippen LogP contribution in [0.4, 0.5) is 0 Å². The lowest BCUT2D eigenvalue weighted by Gasteiger charge is -2.31. The summed E-state index contributed by atoms with van der Waals surface area (Å²) in [7, 11) is 0. The molecule has 0 aliphatic carbocycles.